The lowest BCUT2D eigenvalue weighted by Gasteiger charge is -2.45. The Labute approximate surface area is 232 Å². The number of nitrogens with zero attached hydrogens (tertiary/aromatic N) is 4. The molecule has 0 bridgehead atoms. The predicted octanol–water partition coefficient (Wildman–Crippen LogP) is -0.283. The highest BCUT2D eigenvalue weighted by molar-refractivity contribution is 5.81. The number of piperidine rings is 2. The first kappa shape index (κ1) is 31.3. The zero-order valence-corrected chi connectivity index (χ0v) is 22.7. The second kappa shape index (κ2) is 14.4. The fraction of sp³-hybridized carbons (Fsp3) is 0.769. The number of likely N-dealkylation sites (tertiary alicyclic amines) is 2. The smallest absolute Gasteiger partial charge is 0.317 e. The fourth-order valence-corrected chi connectivity index (χ4v) is 6.17. The van der Waals surface area contributed by atoms with Crippen LogP contribution in [0.3, 0.4) is 0 Å². The first-order chi connectivity index (χ1) is 19.0. The van der Waals surface area contributed by atoms with Gasteiger partial charge in [-0.15, -0.1) is 0 Å². The summed E-state index contributed by atoms with van der Waals surface area (Å²) < 4.78 is 0. The van der Waals surface area contributed by atoms with Crippen LogP contribution in [0.15, 0.2) is 0 Å². The van der Waals surface area contributed by atoms with E-state index in [1.165, 1.54) is 0 Å². The van der Waals surface area contributed by atoms with Crippen LogP contribution < -0.4 is 0 Å². The Hall–Kier alpha value is -3.26. The minimum absolute atomic E-state index is 0.206. The molecule has 0 aromatic rings. The molecule has 40 heavy (non-hydrogen) atoms. The molecule has 1 aliphatic carbocycles. The average Bonchev–Trinajstić information content (AvgIpc) is 2.91. The third kappa shape index (κ3) is 8.62. The van der Waals surface area contributed by atoms with Gasteiger partial charge in [-0.25, -0.2) is 0 Å². The van der Waals surface area contributed by atoms with Crippen molar-refractivity contribution in [2.24, 2.45) is 11.8 Å². The molecular formula is C26H40N4O10. The van der Waals surface area contributed by atoms with E-state index in [1.807, 2.05) is 0 Å². The highest BCUT2D eigenvalue weighted by atomic mass is 16.4. The van der Waals surface area contributed by atoms with Crippen LogP contribution in [0.4, 0.5) is 0 Å². The van der Waals surface area contributed by atoms with E-state index < -0.39 is 60.9 Å². The molecule has 0 aromatic heterocycles. The van der Waals surface area contributed by atoms with E-state index in [4.69, 9.17) is 0 Å². The van der Waals surface area contributed by atoms with Gasteiger partial charge in [-0.3, -0.25) is 38.6 Å². The summed E-state index contributed by atoms with van der Waals surface area (Å²) in [6.07, 6.45) is 3.87. The molecule has 2 saturated heterocycles. The Bertz CT molecular complexity index is 883. The van der Waals surface area contributed by atoms with Crippen molar-refractivity contribution in [1.82, 2.24) is 19.6 Å². The van der Waals surface area contributed by atoms with Crippen LogP contribution in [0.5, 0.6) is 0 Å². The second-order valence-electron chi connectivity index (χ2n) is 11.0. The summed E-state index contributed by atoms with van der Waals surface area (Å²) in [5.41, 5.74) is 0. The largest absolute Gasteiger partial charge is 0.481 e. The summed E-state index contributed by atoms with van der Waals surface area (Å²) in [6, 6.07) is -0.953. The third-order valence-electron chi connectivity index (χ3n) is 8.38. The van der Waals surface area contributed by atoms with Crippen molar-refractivity contribution in [2.45, 2.75) is 63.5 Å². The number of carboxylic acids is 4. The molecule has 2 amide bonds. The molecule has 0 spiro atoms. The van der Waals surface area contributed by atoms with Gasteiger partial charge in [0.2, 0.25) is 11.8 Å². The quantitative estimate of drug-likeness (QED) is 0.241. The van der Waals surface area contributed by atoms with E-state index in [0.717, 1.165) is 12.8 Å². The standard InChI is InChI=1S/C26H40N4O10/c31-21(27-9-5-17(6-10-27)25(37)38)13-29(15-23(33)34)19-3-1-2-4-20(19)30(16-24(35)36)14-22(32)28-11-7-18(8-12-28)26(39)40/h17-20H,1-16H2,(H,33,34)(H,35,36)(H,37,38)(H,39,40). The zero-order chi connectivity index (χ0) is 29.4. The SMILES string of the molecule is O=C(O)CN(CC(=O)N1CCC(C(=O)O)CC1)C1CCCCC1N(CC(=O)O)CC(=O)N1CCC(C(=O)O)CC1. The van der Waals surface area contributed by atoms with Crippen molar-refractivity contribution in [3.05, 3.63) is 0 Å². The van der Waals surface area contributed by atoms with Crippen LogP contribution in [0.1, 0.15) is 51.4 Å². The molecule has 4 N–H and O–H groups in total. The number of hydrogen-bond acceptors (Lipinski definition) is 8. The minimum atomic E-state index is -1.14. The lowest BCUT2D eigenvalue weighted by molar-refractivity contribution is -0.149. The molecule has 2 aliphatic heterocycles. The first-order valence-corrected chi connectivity index (χ1v) is 13.9. The van der Waals surface area contributed by atoms with E-state index in [1.54, 1.807) is 19.6 Å². The second-order valence-corrected chi connectivity index (χ2v) is 11.0. The molecule has 2 atom stereocenters. The molecule has 14 nitrogen and oxygen atoms in total. The molecule has 2 heterocycles. The van der Waals surface area contributed by atoms with E-state index in [2.05, 4.69) is 0 Å². The van der Waals surface area contributed by atoms with Crippen molar-refractivity contribution in [2.75, 3.05) is 52.4 Å². The van der Waals surface area contributed by atoms with Gasteiger partial charge in [0.05, 0.1) is 38.0 Å². The topological polar surface area (TPSA) is 196 Å². The Morgan fingerprint density at radius 3 is 1.12 bits per heavy atom. The highest BCUT2D eigenvalue weighted by Gasteiger charge is 2.39. The lowest BCUT2D eigenvalue weighted by Crippen LogP contribution is -2.59. The van der Waals surface area contributed by atoms with Crippen LogP contribution in [0, 0.1) is 11.8 Å². The first-order valence-electron chi connectivity index (χ1n) is 13.9. The zero-order valence-electron chi connectivity index (χ0n) is 22.7. The maximum absolute atomic E-state index is 13.2. The maximum Gasteiger partial charge on any atom is 0.317 e. The summed E-state index contributed by atoms with van der Waals surface area (Å²) in [5, 5.41) is 37.7. The lowest BCUT2D eigenvalue weighted by atomic mass is 9.87. The van der Waals surface area contributed by atoms with Crippen molar-refractivity contribution in [1.29, 1.82) is 0 Å². The fourth-order valence-electron chi connectivity index (χ4n) is 6.17. The maximum atomic E-state index is 13.2. The number of rotatable bonds is 12. The van der Waals surface area contributed by atoms with Crippen LogP contribution >= 0.6 is 0 Å². The van der Waals surface area contributed by atoms with Gasteiger partial charge in [-0.05, 0) is 38.5 Å². The van der Waals surface area contributed by atoms with Gasteiger partial charge in [-0.2, -0.15) is 0 Å². The van der Waals surface area contributed by atoms with Crippen LogP contribution in [0.2, 0.25) is 0 Å². The highest BCUT2D eigenvalue weighted by Crippen LogP contribution is 2.28. The Kier molecular flexibility index (Phi) is 11.3. The Morgan fingerprint density at radius 1 is 0.525 bits per heavy atom. The van der Waals surface area contributed by atoms with Gasteiger partial charge in [-0.1, -0.05) is 12.8 Å². The van der Waals surface area contributed by atoms with E-state index >= 15 is 0 Å². The molecule has 0 radical (unpaired) electrons. The van der Waals surface area contributed by atoms with Crippen molar-refractivity contribution in [3.63, 3.8) is 0 Å². The van der Waals surface area contributed by atoms with Crippen molar-refractivity contribution < 1.29 is 49.2 Å². The molecule has 0 aromatic carbocycles. The summed E-state index contributed by atoms with van der Waals surface area (Å²) >= 11 is 0. The molecular weight excluding hydrogens is 528 g/mol. The Morgan fingerprint density at radius 2 is 0.850 bits per heavy atom. The van der Waals surface area contributed by atoms with Gasteiger partial charge in [0.25, 0.3) is 0 Å². The van der Waals surface area contributed by atoms with Gasteiger partial charge in [0.15, 0.2) is 0 Å². The van der Waals surface area contributed by atoms with Gasteiger partial charge < -0.3 is 30.2 Å². The number of hydrogen-bond donors (Lipinski definition) is 4. The summed E-state index contributed by atoms with van der Waals surface area (Å²) in [7, 11) is 0. The van der Waals surface area contributed by atoms with Crippen LogP contribution in [-0.2, 0) is 28.8 Å². The van der Waals surface area contributed by atoms with Gasteiger partial charge in [0, 0.05) is 38.3 Å². The van der Waals surface area contributed by atoms with Crippen LogP contribution in [0.25, 0.3) is 0 Å². The molecule has 2 unspecified atom stereocenters. The summed E-state index contributed by atoms with van der Waals surface area (Å²) in [5.74, 6) is -5.72. The number of aliphatic carboxylic acids is 4. The van der Waals surface area contributed by atoms with Crippen molar-refractivity contribution >= 4 is 35.7 Å². The predicted molar refractivity (Wildman–Crippen MR) is 138 cm³/mol. The number of amides is 2. The summed E-state index contributed by atoms with van der Waals surface area (Å²) in [6.45, 7) is -0.213. The molecule has 3 rings (SSSR count). The Balaban J connectivity index is 1.73. The van der Waals surface area contributed by atoms with E-state index in [-0.39, 0.29) is 51.1 Å². The summed E-state index contributed by atoms with van der Waals surface area (Å²) in [4.78, 5) is 78.6. The molecule has 224 valence electrons. The normalized spacial score (nSPS) is 22.9. The minimum Gasteiger partial charge on any atom is -0.481 e. The number of carboxylic acid groups (broad SMARTS) is 4. The number of carbonyl (C=O) groups is 6. The third-order valence-corrected chi connectivity index (χ3v) is 8.38. The molecule has 3 aliphatic rings. The van der Waals surface area contributed by atoms with Gasteiger partial charge >= 0.3 is 23.9 Å². The number of carbonyl (C=O) groups excluding carboxylic acids is 2. The molecule has 3 fully saturated rings. The van der Waals surface area contributed by atoms with E-state index in [0.29, 0.717) is 38.5 Å². The van der Waals surface area contributed by atoms with Crippen LogP contribution in [-0.4, -0.2) is 140 Å². The molecule has 1 saturated carbocycles. The van der Waals surface area contributed by atoms with E-state index in [9.17, 15) is 49.2 Å². The average molecular weight is 569 g/mol. The van der Waals surface area contributed by atoms with Gasteiger partial charge in [0.1, 0.15) is 0 Å². The van der Waals surface area contributed by atoms with Crippen molar-refractivity contribution in [3.8, 4) is 0 Å². The molecule has 14 heteroatoms. The monoisotopic (exact) mass is 568 g/mol.